The molecule has 0 aliphatic rings. The summed E-state index contributed by atoms with van der Waals surface area (Å²) in [4.78, 5) is 0. The van der Waals surface area contributed by atoms with Gasteiger partial charge < -0.3 is 10.5 Å². The van der Waals surface area contributed by atoms with Crippen LogP contribution in [0.2, 0.25) is 5.02 Å². The quantitative estimate of drug-likeness (QED) is 0.920. The lowest BCUT2D eigenvalue weighted by Gasteiger charge is -2.09. The molecule has 2 N–H and O–H groups in total. The first-order valence-electron chi connectivity index (χ1n) is 5.48. The van der Waals surface area contributed by atoms with Gasteiger partial charge in [-0.15, -0.1) is 0 Å². The van der Waals surface area contributed by atoms with Crippen molar-refractivity contribution >= 4 is 11.6 Å². The summed E-state index contributed by atoms with van der Waals surface area (Å²) in [5, 5.41) is 0.539. The SMILES string of the molecule is COc1cccc(-c2ccc(CN)c(Cl)c2)c1F. The van der Waals surface area contributed by atoms with E-state index in [1.165, 1.54) is 7.11 Å². The van der Waals surface area contributed by atoms with Crippen molar-refractivity contribution in [2.24, 2.45) is 5.73 Å². The van der Waals surface area contributed by atoms with E-state index in [0.29, 0.717) is 22.7 Å². The molecule has 0 atom stereocenters. The first-order chi connectivity index (χ1) is 8.67. The van der Waals surface area contributed by atoms with Crippen molar-refractivity contribution in [2.45, 2.75) is 6.54 Å². The van der Waals surface area contributed by atoms with Crippen LogP contribution in [0.15, 0.2) is 36.4 Å². The Hall–Kier alpha value is -1.58. The molecule has 0 heterocycles. The molecule has 0 fully saturated rings. The van der Waals surface area contributed by atoms with Gasteiger partial charge in [0.1, 0.15) is 0 Å². The van der Waals surface area contributed by atoms with Crippen LogP contribution >= 0.6 is 11.6 Å². The van der Waals surface area contributed by atoms with E-state index in [4.69, 9.17) is 22.1 Å². The van der Waals surface area contributed by atoms with Gasteiger partial charge in [0, 0.05) is 17.1 Å². The molecule has 0 saturated heterocycles. The van der Waals surface area contributed by atoms with Crippen molar-refractivity contribution in [2.75, 3.05) is 7.11 Å². The van der Waals surface area contributed by atoms with Gasteiger partial charge in [-0.2, -0.15) is 0 Å². The van der Waals surface area contributed by atoms with Crippen molar-refractivity contribution in [3.63, 3.8) is 0 Å². The predicted molar refractivity (Wildman–Crippen MR) is 71.3 cm³/mol. The van der Waals surface area contributed by atoms with E-state index in [-0.39, 0.29) is 5.75 Å². The predicted octanol–water partition coefficient (Wildman–Crippen LogP) is 3.61. The third kappa shape index (κ3) is 2.33. The Labute approximate surface area is 110 Å². The van der Waals surface area contributed by atoms with Crippen LogP contribution in [0.25, 0.3) is 11.1 Å². The molecule has 0 saturated carbocycles. The number of hydrogen-bond donors (Lipinski definition) is 1. The summed E-state index contributed by atoms with van der Waals surface area (Å²) in [5.41, 5.74) is 7.53. The van der Waals surface area contributed by atoms with Gasteiger partial charge >= 0.3 is 0 Å². The first-order valence-corrected chi connectivity index (χ1v) is 5.86. The van der Waals surface area contributed by atoms with Crippen LogP contribution in [0.5, 0.6) is 5.75 Å². The molecule has 0 radical (unpaired) electrons. The van der Waals surface area contributed by atoms with Crippen LogP contribution < -0.4 is 10.5 Å². The molecule has 0 aliphatic heterocycles. The van der Waals surface area contributed by atoms with E-state index in [1.54, 1.807) is 36.4 Å². The highest BCUT2D eigenvalue weighted by atomic mass is 35.5. The number of nitrogens with two attached hydrogens (primary N) is 1. The third-order valence-corrected chi connectivity index (χ3v) is 3.12. The van der Waals surface area contributed by atoms with Crippen LogP contribution in [0, 0.1) is 5.82 Å². The zero-order valence-electron chi connectivity index (χ0n) is 9.91. The highest BCUT2D eigenvalue weighted by Gasteiger charge is 2.11. The fourth-order valence-electron chi connectivity index (χ4n) is 1.77. The molecule has 0 amide bonds. The monoisotopic (exact) mass is 265 g/mol. The van der Waals surface area contributed by atoms with Crippen LogP contribution in [-0.2, 0) is 6.54 Å². The van der Waals surface area contributed by atoms with Crippen LogP contribution in [0.1, 0.15) is 5.56 Å². The maximum absolute atomic E-state index is 14.1. The summed E-state index contributed by atoms with van der Waals surface area (Å²) in [6.07, 6.45) is 0. The van der Waals surface area contributed by atoms with Gasteiger partial charge in [-0.05, 0) is 23.3 Å². The molecule has 4 heteroatoms. The maximum Gasteiger partial charge on any atom is 0.172 e. The van der Waals surface area contributed by atoms with Gasteiger partial charge in [-0.25, -0.2) is 4.39 Å². The minimum Gasteiger partial charge on any atom is -0.494 e. The molecule has 0 unspecified atom stereocenters. The lowest BCUT2D eigenvalue weighted by molar-refractivity contribution is 0.387. The first kappa shape index (κ1) is 12.9. The largest absolute Gasteiger partial charge is 0.494 e. The standard InChI is InChI=1S/C14H13ClFNO/c1-18-13-4-2-3-11(14(13)16)9-5-6-10(8-17)12(15)7-9/h2-7H,8,17H2,1H3. The van der Waals surface area contributed by atoms with Crippen molar-refractivity contribution in [3.8, 4) is 16.9 Å². The van der Waals surface area contributed by atoms with Gasteiger partial charge in [-0.3, -0.25) is 0 Å². The lowest BCUT2D eigenvalue weighted by Crippen LogP contribution is -1.97. The highest BCUT2D eigenvalue weighted by Crippen LogP contribution is 2.31. The van der Waals surface area contributed by atoms with Gasteiger partial charge in [0.05, 0.1) is 7.11 Å². The highest BCUT2D eigenvalue weighted by molar-refractivity contribution is 6.31. The second-order valence-electron chi connectivity index (χ2n) is 3.83. The molecule has 0 aliphatic carbocycles. The van der Waals surface area contributed by atoms with E-state index in [1.807, 2.05) is 0 Å². The van der Waals surface area contributed by atoms with Crippen molar-refractivity contribution in [3.05, 3.63) is 52.8 Å². The maximum atomic E-state index is 14.1. The normalized spacial score (nSPS) is 10.4. The smallest absolute Gasteiger partial charge is 0.172 e. The second kappa shape index (κ2) is 5.38. The molecule has 94 valence electrons. The molecule has 0 spiro atoms. The molecule has 2 rings (SSSR count). The Bertz CT molecular complexity index is 572. The van der Waals surface area contributed by atoms with E-state index in [0.717, 1.165) is 5.56 Å². The Kier molecular flexibility index (Phi) is 3.84. The third-order valence-electron chi connectivity index (χ3n) is 2.77. The fraction of sp³-hybridized carbons (Fsp3) is 0.143. The Morgan fingerprint density at radius 2 is 2.06 bits per heavy atom. The van der Waals surface area contributed by atoms with Crippen molar-refractivity contribution in [1.82, 2.24) is 0 Å². The molecule has 0 bridgehead atoms. The van der Waals surface area contributed by atoms with E-state index in [9.17, 15) is 4.39 Å². The number of ether oxygens (including phenoxy) is 1. The molecule has 2 nitrogen and oxygen atoms in total. The summed E-state index contributed by atoms with van der Waals surface area (Å²) in [5.74, 6) is -0.178. The van der Waals surface area contributed by atoms with Crippen LogP contribution in [0.4, 0.5) is 4.39 Å². The summed E-state index contributed by atoms with van der Waals surface area (Å²) in [6.45, 7) is 0.361. The average Bonchev–Trinajstić information content (AvgIpc) is 2.39. The topological polar surface area (TPSA) is 35.2 Å². The Morgan fingerprint density at radius 1 is 1.28 bits per heavy atom. The minimum atomic E-state index is -0.392. The van der Waals surface area contributed by atoms with Gasteiger partial charge in [0.15, 0.2) is 11.6 Å². The minimum absolute atomic E-state index is 0.214. The van der Waals surface area contributed by atoms with Gasteiger partial charge in [0.2, 0.25) is 0 Å². The van der Waals surface area contributed by atoms with E-state index < -0.39 is 5.82 Å². The number of rotatable bonds is 3. The van der Waals surface area contributed by atoms with Crippen molar-refractivity contribution < 1.29 is 9.13 Å². The second-order valence-corrected chi connectivity index (χ2v) is 4.24. The fourth-order valence-corrected chi connectivity index (χ4v) is 2.03. The Morgan fingerprint density at radius 3 is 2.67 bits per heavy atom. The molecule has 2 aromatic rings. The molecule has 0 aromatic heterocycles. The van der Waals surface area contributed by atoms with E-state index in [2.05, 4.69) is 0 Å². The molecule has 18 heavy (non-hydrogen) atoms. The summed E-state index contributed by atoms with van der Waals surface area (Å²) < 4.78 is 19.0. The molecular weight excluding hydrogens is 253 g/mol. The van der Waals surface area contributed by atoms with Crippen molar-refractivity contribution in [1.29, 1.82) is 0 Å². The summed E-state index contributed by atoms with van der Waals surface area (Å²) in [7, 11) is 1.44. The summed E-state index contributed by atoms with van der Waals surface area (Å²) in [6, 6.07) is 10.3. The lowest BCUT2D eigenvalue weighted by atomic mass is 10.0. The molecule has 2 aromatic carbocycles. The van der Waals surface area contributed by atoms with Gasteiger partial charge in [-0.1, -0.05) is 35.9 Å². The average molecular weight is 266 g/mol. The number of hydrogen-bond acceptors (Lipinski definition) is 2. The number of benzene rings is 2. The van der Waals surface area contributed by atoms with E-state index >= 15 is 0 Å². The molecular formula is C14H13ClFNO. The zero-order chi connectivity index (χ0) is 13.1. The summed E-state index contributed by atoms with van der Waals surface area (Å²) >= 11 is 6.07. The number of halogens is 2. The number of methoxy groups -OCH3 is 1. The van der Waals surface area contributed by atoms with Gasteiger partial charge in [0.25, 0.3) is 0 Å². The van der Waals surface area contributed by atoms with Crippen LogP contribution in [-0.4, -0.2) is 7.11 Å². The van der Waals surface area contributed by atoms with Crippen LogP contribution in [0.3, 0.4) is 0 Å². The Balaban J connectivity index is 2.52. The zero-order valence-corrected chi connectivity index (χ0v) is 10.7.